The Hall–Kier alpha value is -6.21. The zero-order chi connectivity index (χ0) is 30.4. The molecule has 0 fully saturated rings. The molecule has 7 nitrogen and oxygen atoms in total. The van der Waals surface area contributed by atoms with Gasteiger partial charge in [-0.1, -0.05) is 42.5 Å². The van der Waals surface area contributed by atoms with Gasteiger partial charge in [0.1, 0.15) is 28.3 Å². The van der Waals surface area contributed by atoms with Gasteiger partial charge in [-0.05, 0) is 54.6 Å². The first-order valence-electron chi connectivity index (χ1n) is 15.3. The minimum atomic E-state index is 0.646. The number of furan rings is 2. The Morgan fingerprint density at radius 1 is 0.652 bits per heavy atom. The van der Waals surface area contributed by atoms with Crippen molar-refractivity contribution in [3.63, 3.8) is 0 Å². The second kappa shape index (κ2) is 9.39. The molecule has 0 saturated carbocycles. The average Bonchev–Trinajstić information content (AvgIpc) is 3.86. The summed E-state index contributed by atoms with van der Waals surface area (Å²) < 4.78 is 21.9. The highest BCUT2D eigenvalue weighted by molar-refractivity contribution is 6.22. The van der Waals surface area contributed by atoms with Crippen LogP contribution >= 0.6 is 0 Å². The van der Waals surface area contributed by atoms with Crippen LogP contribution in [0.4, 0.5) is 5.69 Å². The third kappa shape index (κ3) is 3.62. The van der Waals surface area contributed by atoms with Crippen molar-refractivity contribution >= 4 is 71.4 Å². The van der Waals surface area contributed by atoms with Crippen molar-refractivity contribution < 1.29 is 13.6 Å². The molecule has 4 aromatic heterocycles. The van der Waals surface area contributed by atoms with Crippen LogP contribution in [-0.2, 0) is 0 Å². The molecule has 0 radical (unpaired) electrons. The molecule has 0 spiro atoms. The monoisotopic (exact) mass is 598 g/mol. The fourth-order valence-corrected chi connectivity index (χ4v) is 6.91. The summed E-state index contributed by atoms with van der Waals surface area (Å²) in [7, 11) is 2.07. The summed E-state index contributed by atoms with van der Waals surface area (Å²) in [4.78, 5) is 9.04. The summed E-state index contributed by atoms with van der Waals surface area (Å²) >= 11 is 0. The fraction of sp³-hybridized carbons (Fsp3) is 0.0513. The van der Waals surface area contributed by atoms with E-state index in [1.54, 1.807) is 0 Å². The number of hydrogen-bond acceptors (Lipinski definition) is 6. The molecule has 1 aliphatic rings. The van der Waals surface area contributed by atoms with Gasteiger partial charge in [0.05, 0.1) is 23.1 Å². The summed E-state index contributed by atoms with van der Waals surface area (Å²) in [6, 6.07) is 37.1. The van der Waals surface area contributed by atoms with Gasteiger partial charge in [0.15, 0.2) is 11.3 Å². The maximum atomic E-state index is 6.81. The minimum absolute atomic E-state index is 0.646. The van der Waals surface area contributed by atoms with E-state index in [0.29, 0.717) is 17.1 Å². The first-order chi connectivity index (χ1) is 22.7. The van der Waals surface area contributed by atoms with Gasteiger partial charge in [0, 0.05) is 70.4 Å². The molecule has 0 aliphatic carbocycles. The van der Waals surface area contributed by atoms with Gasteiger partial charge in [-0.3, -0.25) is 4.57 Å². The zero-order valence-corrected chi connectivity index (χ0v) is 24.8. The number of pyridine rings is 1. The highest BCUT2D eigenvalue weighted by Crippen LogP contribution is 2.45. The lowest BCUT2D eigenvalue weighted by atomic mass is 10.1. The lowest BCUT2D eigenvalue weighted by Gasteiger charge is -2.19. The molecular weight excluding hydrogens is 572 g/mol. The van der Waals surface area contributed by atoms with Crippen molar-refractivity contribution in [1.29, 1.82) is 0 Å². The molecular formula is C39H26N4O3. The predicted octanol–water partition coefficient (Wildman–Crippen LogP) is 9.95. The van der Waals surface area contributed by atoms with Gasteiger partial charge in [0.2, 0.25) is 0 Å². The summed E-state index contributed by atoms with van der Waals surface area (Å²) in [6.07, 6.45) is 5.99. The third-order valence-electron chi connectivity index (χ3n) is 8.99. The molecule has 0 amide bonds. The Kier molecular flexibility index (Phi) is 5.14. The molecule has 220 valence electrons. The van der Waals surface area contributed by atoms with Crippen molar-refractivity contribution in [2.45, 2.75) is 0 Å². The maximum absolute atomic E-state index is 6.81. The molecule has 10 rings (SSSR count). The molecule has 5 heterocycles. The number of benzene rings is 5. The number of anilines is 1. The number of rotatable bonds is 4. The van der Waals surface area contributed by atoms with Crippen LogP contribution in [0.5, 0.6) is 11.5 Å². The van der Waals surface area contributed by atoms with Crippen LogP contribution in [0.3, 0.4) is 0 Å². The molecule has 0 N–H and O–H groups in total. The van der Waals surface area contributed by atoms with Crippen molar-refractivity contribution in [2.24, 2.45) is 0 Å². The average molecular weight is 599 g/mol. The van der Waals surface area contributed by atoms with Crippen LogP contribution in [0.2, 0.25) is 0 Å². The second-order valence-corrected chi connectivity index (χ2v) is 11.8. The molecule has 0 atom stereocenters. The first-order valence-corrected chi connectivity index (χ1v) is 15.3. The molecule has 9 aromatic rings. The van der Waals surface area contributed by atoms with E-state index >= 15 is 0 Å². The standard InChI is InChI=1S/C39H26N4O3/c1-41-18-19-42(23-41)24-20-30-28-15-16-34-37(29-9-3-5-11-33(29)45-34)39(28)46-38(30)35(21-24)44-25-13-14-27-26-8-2-4-10-31(26)43(32(27)22-25)36-12-6-7-17-40-36/h2-22H,23H2,1H3. The van der Waals surface area contributed by atoms with E-state index in [1.165, 1.54) is 0 Å². The van der Waals surface area contributed by atoms with Crippen LogP contribution in [0.1, 0.15) is 0 Å². The zero-order valence-electron chi connectivity index (χ0n) is 24.8. The molecule has 7 heteroatoms. The van der Waals surface area contributed by atoms with E-state index < -0.39 is 0 Å². The van der Waals surface area contributed by atoms with Gasteiger partial charge in [0.25, 0.3) is 0 Å². The van der Waals surface area contributed by atoms with Crippen LogP contribution in [0.25, 0.3) is 71.5 Å². The summed E-state index contributed by atoms with van der Waals surface area (Å²) in [5.41, 5.74) is 6.25. The van der Waals surface area contributed by atoms with Crippen molar-refractivity contribution in [2.75, 3.05) is 18.6 Å². The van der Waals surface area contributed by atoms with E-state index in [-0.39, 0.29) is 0 Å². The minimum Gasteiger partial charge on any atom is -0.456 e. The Labute approximate surface area is 262 Å². The van der Waals surface area contributed by atoms with Gasteiger partial charge >= 0.3 is 0 Å². The molecule has 5 aromatic carbocycles. The number of ether oxygens (including phenoxy) is 1. The Morgan fingerprint density at radius 2 is 1.48 bits per heavy atom. The van der Waals surface area contributed by atoms with Gasteiger partial charge in [-0.2, -0.15) is 0 Å². The van der Waals surface area contributed by atoms with Crippen LogP contribution in [0.15, 0.2) is 137 Å². The number of nitrogens with zero attached hydrogens (tertiary/aromatic N) is 4. The van der Waals surface area contributed by atoms with E-state index in [9.17, 15) is 0 Å². The molecule has 0 bridgehead atoms. The SMILES string of the molecule is CN1C=CN(c2cc(Oc3ccc4c5ccccc5n(-c5ccccn5)c4c3)c3oc4c(ccc5oc6ccccc6c54)c3c2)C1. The molecule has 0 unspecified atom stereocenters. The molecule has 46 heavy (non-hydrogen) atoms. The Morgan fingerprint density at radius 3 is 2.35 bits per heavy atom. The lowest BCUT2D eigenvalue weighted by Crippen LogP contribution is -2.21. The molecule has 1 aliphatic heterocycles. The van der Waals surface area contributed by atoms with Crippen LogP contribution in [0, 0.1) is 0 Å². The number of para-hydroxylation sites is 2. The van der Waals surface area contributed by atoms with E-state index in [2.05, 4.69) is 99.5 Å². The first kappa shape index (κ1) is 25.2. The van der Waals surface area contributed by atoms with Crippen molar-refractivity contribution in [1.82, 2.24) is 14.5 Å². The Balaban J connectivity index is 1.20. The second-order valence-electron chi connectivity index (χ2n) is 11.8. The van der Waals surface area contributed by atoms with Crippen LogP contribution in [-0.4, -0.2) is 28.2 Å². The maximum Gasteiger partial charge on any atom is 0.178 e. The number of fused-ring (bicyclic) bond motifs is 10. The topological polar surface area (TPSA) is 59.8 Å². The van der Waals surface area contributed by atoms with Gasteiger partial charge in [-0.15, -0.1) is 0 Å². The summed E-state index contributed by atoms with van der Waals surface area (Å²) in [5, 5.41) is 6.30. The van der Waals surface area contributed by atoms with Gasteiger partial charge in [-0.25, -0.2) is 4.98 Å². The molecule has 0 saturated heterocycles. The third-order valence-corrected chi connectivity index (χ3v) is 8.99. The van der Waals surface area contributed by atoms with E-state index in [0.717, 1.165) is 78.3 Å². The predicted molar refractivity (Wildman–Crippen MR) is 184 cm³/mol. The normalized spacial score (nSPS) is 13.5. The number of hydrogen-bond donors (Lipinski definition) is 0. The fourth-order valence-electron chi connectivity index (χ4n) is 6.91. The quantitative estimate of drug-likeness (QED) is 0.201. The number of aromatic nitrogens is 2. The van der Waals surface area contributed by atoms with E-state index in [4.69, 9.17) is 13.6 Å². The van der Waals surface area contributed by atoms with Crippen LogP contribution < -0.4 is 9.64 Å². The lowest BCUT2D eigenvalue weighted by molar-refractivity contribution is 0.476. The van der Waals surface area contributed by atoms with E-state index in [1.807, 2.05) is 54.7 Å². The largest absolute Gasteiger partial charge is 0.456 e. The summed E-state index contributed by atoms with van der Waals surface area (Å²) in [5.74, 6) is 2.21. The van der Waals surface area contributed by atoms with Crippen molar-refractivity contribution in [3.8, 4) is 17.3 Å². The summed E-state index contributed by atoms with van der Waals surface area (Å²) in [6.45, 7) is 0.744. The highest BCUT2D eigenvalue weighted by atomic mass is 16.5. The highest BCUT2D eigenvalue weighted by Gasteiger charge is 2.22. The smallest absolute Gasteiger partial charge is 0.178 e. The van der Waals surface area contributed by atoms with Crippen molar-refractivity contribution in [3.05, 3.63) is 128 Å². The van der Waals surface area contributed by atoms with Gasteiger partial charge < -0.3 is 23.4 Å². The Bertz CT molecular complexity index is 2680.